The molecule has 0 radical (unpaired) electrons. The second-order valence-corrected chi connectivity index (χ2v) is 6.92. The Hall–Kier alpha value is -3.02. The normalized spacial score (nSPS) is 13.7. The molecule has 6 nitrogen and oxygen atoms in total. The van der Waals surface area contributed by atoms with Crippen LogP contribution in [0.3, 0.4) is 0 Å². The van der Waals surface area contributed by atoms with Crippen LogP contribution in [0.5, 0.6) is 0 Å². The molecule has 0 unspecified atom stereocenters. The molecule has 26 heavy (non-hydrogen) atoms. The number of nitrogens with zero attached hydrogens (tertiary/aromatic N) is 5. The summed E-state index contributed by atoms with van der Waals surface area (Å²) in [6.07, 6.45) is 5.92. The monoisotopic (exact) mass is 347 g/mol. The maximum atomic E-state index is 12.9. The van der Waals surface area contributed by atoms with E-state index >= 15 is 0 Å². The molecular formula is C20H21N5O. The summed E-state index contributed by atoms with van der Waals surface area (Å²) in [4.78, 5) is 18.8. The molecule has 0 aliphatic carbocycles. The minimum atomic E-state index is -0.0826. The topological polar surface area (TPSA) is 63.9 Å². The Balaban J connectivity index is 1.55. The number of hydrogen-bond acceptors (Lipinski definition) is 4. The van der Waals surface area contributed by atoms with Crippen LogP contribution in [-0.2, 0) is 13.0 Å². The standard InChI is InChI=1S/C20H21N5O/c1-14(2)16-6-5-15-7-9-24(12-17(15)10-16)20(26)19-13-25(23-22-19)18-4-3-8-21-11-18/h3-6,8,10-11,13-14H,7,9,12H2,1-2H3. The van der Waals surface area contributed by atoms with Crippen molar-refractivity contribution < 1.29 is 4.79 Å². The zero-order valence-electron chi connectivity index (χ0n) is 15.0. The molecule has 0 spiro atoms. The number of amides is 1. The number of rotatable bonds is 3. The molecule has 4 rings (SSSR count). The number of fused-ring (bicyclic) bond motifs is 1. The first-order valence-corrected chi connectivity index (χ1v) is 8.85. The van der Waals surface area contributed by atoms with Gasteiger partial charge in [0.05, 0.1) is 18.1 Å². The molecule has 0 atom stereocenters. The lowest BCUT2D eigenvalue weighted by atomic mass is 9.93. The number of hydrogen-bond donors (Lipinski definition) is 0. The Bertz CT molecular complexity index is 932. The van der Waals surface area contributed by atoms with Crippen molar-refractivity contribution in [2.45, 2.75) is 32.7 Å². The van der Waals surface area contributed by atoms with Crippen LogP contribution in [0.2, 0.25) is 0 Å². The highest BCUT2D eigenvalue weighted by Crippen LogP contribution is 2.24. The van der Waals surface area contributed by atoms with Gasteiger partial charge in [0.25, 0.3) is 5.91 Å². The second kappa shape index (κ2) is 6.71. The molecule has 0 N–H and O–H groups in total. The van der Waals surface area contributed by atoms with E-state index in [0.717, 1.165) is 12.1 Å². The lowest BCUT2D eigenvalue weighted by Crippen LogP contribution is -2.36. The van der Waals surface area contributed by atoms with Crippen LogP contribution in [0.1, 0.15) is 46.9 Å². The summed E-state index contributed by atoms with van der Waals surface area (Å²) in [6, 6.07) is 10.3. The fourth-order valence-corrected chi connectivity index (χ4v) is 3.25. The van der Waals surface area contributed by atoms with Gasteiger partial charge in [-0.3, -0.25) is 9.78 Å². The summed E-state index contributed by atoms with van der Waals surface area (Å²) in [7, 11) is 0. The third-order valence-corrected chi connectivity index (χ3v) is 4.82. The van der Waals surface area contributed by atoms with Crippen molar-refractivity contribution >= 4 is 5.91 Å². The molecule has 1 aromatic carbocycles. The van der Waals surface area contributed by atoms with E-state index in [1.54, 1.807) is 23.3 Å². The molecule has 0 fully saturated rings. The van der Waals surface area contributed by atoms with E-state index < -0.39 is 0 Å². The van der Waals surface area contributed by atoms with Gasteiger partial charge in [-0.05, 0) is 41.2 Å². The summed E-state index contributed by atoms with van der Waals surface area (Å²) in [6.45, 7) is 5.69. The predicted octanol–water partition coefficient (Wildman–Crippen LogP) is 2.98. The van der Waals surface area contributed by atoms with Gasteiger partial charge in [-0.15, -0.1) is 5.10 Å². The highest BCUT2D eigenvalue weighted by Gasteiger charge is 2.24. The van der Waals surface area contributed by atoms with E-state index in [1.807, 2.05) is 17.0 Å². The van der Waals surface area contributed by atoms with Gasteiger partial charge in [-0.2, -0.15) is 0 Å². The first-order chi connectivity index (χ1) is 12.6. The molecule has 0 bridgehead atoms. The minimum absolute atomic E-state index is 0.0826. The molecular weight excluding hydrogens is 326 g/mol. The molecule has 3 aromatic rings. The second-order valence-electron chi connectivity index (χ2n) is 6.92. The first kappa shape index (κ1) is 16.4. The average molecular weight is 347 g/mol. The molecule has 6 heteroatoms. The molecule has 0 saturated carbocycles. The van der Waals surface area contributed by atoms with E-state index in [0.29, 0.717) is 24.7 Å². The van der Waals surface area contributed by atoms with Crippen LogP contribution in [0, 0.1) is 0 Å². The number of aromatic nitrogens is 4. The highest BCUT2D eigenvalue weighted by molar-refractivity contribution is 5.92. The zero-order valence-corrected chi connectivity index (χ0v) is 15.0. The zero-order chi connectivity index (χ0) is 18.1. The average Bonchev–Trinajstić information content (AvgIpc) is 3.17. The van der Waals surface area contributed by atoms with Gasteiger partial charge < -0.3 is 4.90 Å². The number of carbonyl (C=O) groups excluding carboxylic acids is 1. The van der Waals surface area contributed by atoms with Gasteiger partial charge in [0, 0.05) is 19.3 Å². The predicted molar refractivity (Wildman–Crippen MR) is 98.1 cm³/mol. The molecule has 1 aliphatic rings. The maximum Gasteiger partial charge on any atom is 0.276 e. The highest BCUT2D eigenvalue weighted by atomic mass is 16.2. The Kier molecular flexibility index (Phi) is 4.24. The molecule has 1 aliphatic heterocycles. The van der Waals surface area contributed by atoms with E-state index in [2.05, 4.69) is 47.3 Å². The van der Waals surface area contributed by atoms with Gasteiger partial charge in [0.15, 0.2) is 5.69 Å². The summed E-state index contributed by atoms with van der Waals surface area (Å²) in [5, 5.41) is 8.13. The largest absolute Gasteiger partial charge is 0.333 e. The fraction of sp³-hybridized carbons (Fsp3) is 0.300. The molecule has 2 aromatic heterocycles. The van der Waals surface area contributed by atoms with Gasteiger partial charge in [0.2, 0.25) is 0 Å². The number of carbonyl (C=O) groups is 1. The van der Waals surface area contributed by atoms with Crippen molar-refractivity contribution in [2.24, 2.45) is 0 Å². The molecule has 132 valence electrons. The van der Waals surface area contributed by atoms with Crippen LogP contribution in [0.25, 0.3) is 5.69 Å². The van der Waals surface area contributed by atoms with Gasteiger partial charge in [-0.25, -0.2) is 4.68 Å². The van der Waals surface area contributed by atoms with Gasteiger partial charge >= 0.3 is 0 Å². The smallest absolute Gasteiger partial charge is 0.276 e. The van der Waals surface area contributed by atoms with E-state index in [1.165, 1.54) is 16.7 Å². The van der Waals surface area contributed by atoms with Crippen molar-refractivity contribution in [1.82, 2.24) is 24.9 Å². The molecule has 3 heterocycles. The van der Waals surface area contributed by atoms with E-state index in [9.17, 15) is 4.79 Å². The number of pyridine rings is 1. The van der Waals surface area contributed by atoms with Crippen molar-refractivity contribution in [3.63, 3.8) is 0 Å². The Morgan fingerprint density at radius 3 is 2.85 bits per heavy atom. The van der Waals surface area contributed by atoms with Gasteiger partial charge in [0.1, 0.15) is 0 Å². The molecule has 1 amide bonds. The molecule has 0 saturated heterocycles. The Labute approximate surface area is 152 Å². The summed E-state index contributed by atoms with van der Waals surface area (Å²) < 4.78 is 1.58. The Morgan fingerprint density at radius 2 is 2.08 bits per heavy atom. The quantitative estimate of drug-likeness (QED) is 0.731. The SMILES string of the molecule is CC(C)c1ccc2c(c1)CN(C(=O)c1cn(-c3cccnc3)nn1)CC2. The van der Waals surface area contributed by atoms with Crippen LogP contribution in [-0.4, -0.2) is 37.3 Å². The minimum Gasteiger partial charge on any atom is -0.333 e. The Morgan fingerprint density at radius 1 is 1.19 bits per heavy atom. The van der Waals surface area contributed by atoms with E-state index in [4.69, 9.17) is 0 Å². The van der Waals surface area contributed by atoms with Crippen LogP contribution >= 0.6 is 0 Å². The van der Waals surface area contributed by atoms with Crippen molar-refractivity contribution in [3.05, 3.63) is 71.3 Å². The summed E-state index contributed by atoms with van der Waals surface area (Å²) in [5.74, 6) is 0.395. The van der Waals surface area contributed by atoms with Crippen molar-refractivity contribution in [2.75, 3.05) is 6.54 Å². The van der Waals surface area contributed by atoms with E-state index in [-0.39, 0.29) is 5.91 Å². The summed E-state index contributed by atoms with van der Waals surface area (Å²) in [5.41, 5.74) is 5.01. The van der Waals surface area contributed by atoms with Gasteiger partial charge in [-0.1, -0.05) is 37.3 Å². The van der Waals surface area contributed by atoms with Crippen molar-refractivity contribution in [3.8, 4) is 5.69 Å². The first-order valence-electron chi connectivity index (χ1n) is 8.85. The summed E-state index contributed by atoms with van der Waals surface area (Å²) >= 11 is 0. The maximum absolute atomic E-state index is 12.9. The lowest BCUT2D eigenvalue weighted by molar-refractivity contribution is 0.0728. The van der Waals surface area contributed by atoms with Crippen molar-refractivity contribution in [1.29, 1.82) is 0 Å². The van der Waals surface area contributed by atoms with Crippen LogP contribution in [0.15, 0.2) is 48.9 Å². The fourth-order valence-electron chi connectivity index (χ4n) is 3.25. The van der Waals surface area contributed by atoms with Crippen LogP contribution in [0.4, 0.5) is 0 Å². The van der Waals surface area contributed by atoms with Crippen LogP contribution < -0.4 is 0 Å². The third-order valence-electron chi connectivity index (χ3n) is 4.82. The lowest BCUT2D eigenvalue weighted by Gasteiger charge is -2.29. The third kappa shape index (κ3) is 3.10. The number of benzene rings is 1.